The molecule has 0 aliphatic carbocycles. The summed E-state index contributed by atoms with van der Waals surface area (Å²) in [4.78, 5) is 18.6. The van der Waals surface area contributed by atoms with Gasteiger partial charge in [0.2, 0.25) is 0 Å². The molecule has 0 unspecified atom stereocenters. The lowest BCUT2D eigenvalue weighted by atomic mass is 10.1. The molecular weight excluding hydrogens is 368 g/mol. The minimum Gasteiger partial charge on any atom is -0.482 e. The van der Waals surface area contributed by atoms with Crippen molar-refractivity contribution < 1.29 is 14.3 Å². The number of rotatable bonds is 5. The van der Waals surface area contributed by atoms with E-state index in [9.17, 15) is 4.79 Å². The molecule has 7 heteroatoms. The molecule has 1 aromatic heterocycles. The number of amides is 1. The molecule has 3 heterocycles. The third kappa shape index (κ3) is 4.29. The molecule has 0 radical (unpaired) electrons. The summed E-state index contributed by atoms with van der Waals surface area (Å²) in [6.45, 7) is 8.14. The Balaban J connectivity index is 1.50. The lowest BCUT2D eigenvalue weighted by Gasteiger charge is -2.38. The maximum Gasteiger partial charge on any atom is 0.262 e. The normalized spacial score (nSPS) is 21.2. The molecule has 2 N–H and O–H groups in total. The minimum atomic E-state index is -0.132. The Morgan fingerprint density at radius 3 is 2.62 bits per heavy atom. The smallest absolute Gasteiger partial charge is 0.262 e. The fraction of sp³-hybridized carbons (Fsp3) is 0.455. The Labute approximate surface area is 171 Å². The first kappa shape index (κ1) is 19.5. The molecule has 7 nitrogen and oxygen atoms in total. The number of aryl methyl sites for hydroxylation is 1. The van der Waals surface area contributed by atoms with E-state index in [4.69, 9.17) is 14.5 Å². The molecule has 0 spiro atoms. The molecule has 29 heavy (non-hydrogen) atoms. The first-order valence-electron chi connectivity index (χ1n) is 10.3. The van der Waals surface area contributed by atoms with Crippen molar-refractivity contribution in [3.05, 3.63) is 36.0 Å². The van der Waals surface area contributed by atoms with E-state index in [1.54, 1.807) is 0 Å². The Hall–Kier alpha value is -2.80. The number of hydrogen-bond donors (Lipinski definition) is 2. The van der Waals surface area contributed by atoms with Crippen LogP contribution in [0.2, 0.25) is 0 Å². The number of carbonyl (C=O) groups excluding carboxylic acids is 1. The highest BCUT2D eigenvalue weighted by Gasteiger charge is 2.26. The second-order valence-corrected chi connectivity index (χ2v) is 7.58. The molecule has 1 aromatic carbocycles. The molecule has 2 atom stereocenters. The highest BCUT2D eigenvalue weighted by atomic mass is 16.5. The summed E-state index contributed by atoms with van der Waals surface area (Å²) in [5.74, 6) is 1.53. The van der Waals surface area contributed by atoms with Crippen molar-refractivity contribution in [3.8, 4) is 5.75 Å². The van der Waals surface area contributed by atoms with E-state index in [0.29, 0.717) is 11.4 Å². The molecule has 0 bridgehead atoms. The van der Waals surface area contributed by atoms with Gasteiger partial charge >= 0.3 is 0 Å². The first-order chi connectivity index (χ1) is 14.1. The van der Waals surface area contributed by atoms with Gasteiger partial charge in [0, 0.05) is 24.8 Å². The highest BCUT2D eigenvalue weighted by Crippen LogP contribution is 2.32. The third-order valence-corrected chi connectivity index (χ3v) is 5.43. The van der Waals surface area contributed by atoms with E-state index >= 15 is 0 Å². The summed E-state index contributed by atoms with van der Waals surface area (Å²) in [7, 11) is 0. The molecule has 2 aromatic rings. The molecule has 1 saturated heterocycles. The fourth-order valence-corrected chi connectivity index (χ4v) is 3.73. The number of benzene rings is 1. The van der Waals surface area contributed by atoms with Crippen LogP contribution in [-0.2, 0) is 9.53 Å². The molecule has 2 aliphatic heterocycles. The largest absolute Gasteiger partial charge is 0.482 e. The minimum absolute atomic E-state index is 0.0444. The van der Waals surface area contributed by atoms with Gasteiger partial charge in [-0.15, -0.1) is 0 Å². The topological polar surface area (TPSA) is 75.7 Å². The third-order valence-electron chi connectivity index (χ3n) is 5.43. The van der Waals surface area contributed by atoms with Crippen LogP contribution in [-0.4, -0.2) is 42.8 Å². The van der Waals surface area contributed by atoms with E-state index in [1.807, 2.05) is 25.1 Å². The van der Waals surface area contributed by atoms with E-state index in [-0.39, 0.29) is 24.7 Å². The van der Waals surface area contributed by atoms with Crippen molar-refractivity contribution in [3.63, 3.8) is 0 Å². The van der Waals surface area contributed by atoms with Crippen LogP contribution in [0, 0.1) is 6.92 Å². The quantitative estimate of drug-likeness (QED) is 0.799. The van der Waals surface area contributed by atoms with Gasteiger partial charge in [0.1, 0.15) is 11.6 Å². The summed E-state index contributed by atoms with van der Waals surface area (Å²) in [5.41, 5.74) is 3.46. The fourth-order valence-electron chi connectivity index (χ4n) is 3.73. The van der Waals surface area contributed by atoms with Crippen LogP contribution >= 0.6 is 0 Å². The van der Waals surface area contributed by atoms with Gasteiger partial charge in [-0.1, -0.05) is 13.8 Å². The number of nitrogens with one attached hydrogen (secondary N) is 2. The Kier molecular flexibility index (Phi) is 5.58. The zero-order valence-electron chi connectivity index (χ0n) is 17.2. The summed E-state index contributed by atoms with van der Waals surface area (Å²) < 4.78 is 11.6. The van der Waals surface area contributed by atoms with Crippen molar-refractivity contribution in [2.24, 2.45) is 0 Å². The molecule has 4 rings (SSSR count). The van der Waals surface area contributed by atoms with Crippen LogP contribution in [0.1, 0.15) is 32.4 Å². The van der Waals surface area contributed by atoms with Gasteiger partial charge in [0.25, 0.3) is 5.91 Å². The van der Waals surface area contributed by atoms with Gasteiger partial charge in [-0.2, -0.15) is 0 Å². The van der Waals surface area contributed by atoms with Crippen molar-refractivity contribution in [2.45, 2.75) is 45.8 Å². The number of nitrogens with zero attached hydrogens (tertiary/aromatic N) is 2. The standard InChI is InChI=1S/C22H28N4O3/c1-4-16-11-26(12-17(5-2)29-16)21-9-8-18(14(3)23-21)24-15-6-7-19-20(10-15)28-13-22(27)25-19/h6-10,16-17,24H,4-5,11-13H2,1-3H3,(H,25,27)/t16-,17+. The van der Waals surface area contributed by atoms with E-state index in [0.717, 1.165) is 48.8 Å². The van der Waals surface area contributed by atoms with Crippen molar-refractivity contribution in [1.82, 2.24) is 4.98 Å². The number of carbonyl (C=O) groups is 1. The summed E-state index contributed by atoms with van der Waals surface area (Å²) >= 11 is 0. The summed E-state index contributed by atoms with van der Waals surface area (Å²) in [5, 5.41) is 6.21. The molecule has 154 valence electrons. The predicted octanol–water partition coefficient (Wildman–Crippen LogP) is 3.86. The molecule has 1 fully saturated rings. The first-order valence-corrected chi connectivity index (χ1v) is 10.3. The SMILES string of the molecule is CC[C@@H]1CN(c2ccc(Nc3ccc4c(c3)OCC(=O)N4)c(C)n2)C[C@H](CC)O1. The van der Waals surface area contributed by atoms with Gasteiger partial charge in [-0.05, 0) is 44.0 Å². The number of ether oxygens (including phenoxy) is 2. The van der Waals surface area contributed by atoms with Crippen molar-refractivity contribution >= 4 is 28.8 Å². The maximum atomic E-state index is 11.4. The lowest BCUT2D eigenvalue weighted by Crippen LogP contribution is -2.47. The van der Waals surface area contributed by atoms with E-state index < -0.39 is 0 Å². The highest BCUT2D eigenvalue weighted by molar-refractivity contribution is 5.95. The van der Waals surface area contributed by atoms with Gasteiger partial charge in [-0.3, -0.25) is 4.79 Å². The molecular formula is C22H28N4O3. The Morgan fingerprint density at radius 2 is 1.93 bits per heavy atom. The van der Waals surface area contributed by atoms with Crippen LogP contribution in [0.25, 0.3) is 0 Å². The van der Waals surface area contributed by atoms with Gasteiger partial charge in [0.15, 0.2) is 6.61 Å². The number of fused-ring (bicyclic) bond motifs is 1. The zero-order chi connectivity index (χ0) is 20.4. The average molecular weight is 396 g/mol. The Bertz CT molecular complexity index is 890. The summed E-state index contributed by atoms with van der Waals surface area (Å²) in [6, 6.07) is 9.78. The zero-order valence-corrected chi connectivity index (χ0v) is 17.2. The maximum absolute atomic E-state index is 11.4. The lowest BCUT2D eigenvalue weighted by molar-refractivity contribution is -0.118. The number of aromatic nitrogens is 1. The predicted molar refractivity (Wildman–Crippen MR) is 114 cm³/mol. The van der Waals surface area contributed by atoms with Crippen LogP contribution < -0.4 is 20.3 Å². The van der Waals surface area contributed by atoms with Gasteiger partial charge in [-0.25, -0.2) is 4.98 Å². The summed E-state index contributed by atoms with van der Waals surface area (Å²) in [6.07, 6.45) is 2.52. The second kappa shape index (κ2) is 8.29. The average Bonchev–Trinajstić information content (AvgIpc) is 2.74. The van der Waals surface area contributed by atoms with Crippen LogP contribution in [0.5, 0.6) is 5.75 Å². The van der Waals surface area contributed by atoms with Crippen LogP contribution in [0.3, 0.4) is 0 Å². The number of hydrogen-bond acceptors (Lipinski definition) is 6. The van der Waals surface area contributed by atoms with Crippen LogP contribution in [0.15, 0.2) is 30.3 Å². The van der Waals surface area contributed by atoms with E-state index in [1.165, 1.54) is 0 Å². The van der Waals surface area contributed by atoms with Crippen LogP contribution in [0.4, 0.5) is 22.9 Å². The molecule has 2 aliphatic rings. The second-order valence-electron chi connectivity index (χ2n) is 7.58. The van der Waals surface area contributed by atoms with Crippen molar-refractivity contribution in [2.75, 3.05) is 35.2 Å². The number of pyridine rings is 1. The monoisotopic (exact) mass is 396 g/mol. The number of morpholine rings is 1. The number of anilines is 4. The Morgan fingerprint density at radius 1 is 1.17 bits per heavy atom. The van der Waals surface area contributed by atoms with Gasteiger partial charge < -0.3 is 25.0 Å². The van der Waals surface area contributed by atoms with Crippen molar-refractivity contribution in [1.29, 1.82) is 0 Å². The molecule has 0 saturated carbocycles. The van der Waals surface area contributed by atoms with E-state index in [2.05, 4.69) is 41.5 Å². The van der Waals surface area contributed by atoms with Gasteiger partial charge in [0.05, 0.1) is 29.3 Å². The molecule has 1 amide bonds.